The zero-order valence-corrected chi connectivity index (χ0v) is 18.4. The number of benzene rings is 1. The second-order valence-electron chi connectivity index (χ2n) is 8.77. The van der Waals surface area contributed by atoms with Gasteiger partial charge in [0.25, 0.3) is 0 Å². The van der Waals surface area contributed by atoms with E-state index in [0.29, 0.717) is 23.7 Å². The molecule has 1 N–H and O–H groups in total. The minimum absolute atomic E-state index is 0.532. The summed E-state index contributed by atoms with van der Waals surface area (Å²) in [6, 6.07) is 12.1. The fourth-order valence-electron chi connectivity index (χ4n) is 5.10. The molecule has 0 saturated carbocycles. The second-order valence-corrected chi connectivity index (χ2v) is 9.72. The van der Waals surface area contributed by atoms with Gasteiger partial charge in [-0.15, -0.1) is 0 Å². The van der Waals surface area contributed by atoms with Crippen molar-refractivity contribution in [2.24, 2.45) is 7.05 Å². The molecule has 1 aromatic carbocycles. The smallest absolute Gasteiger partial charge is 0.187 e. The Morgan fingerprint density at radius 3 is 2.77 bits per heavy atom. The predicted octanol–water partition coefficient (Wildman–Crippen LogP) is 3.84. The first-order chi connectivity index (χ1) is 15.1. The predicted molar refractivity (Wildman–Crippen MR) is 123 cm³/mol. The summed E-state index contributed by atoms with van der Waals surface area (Å²) in [6.07, 6.45) is 6.90. The Balaban J connectivity index is 1.35. The van der Waals surface area contributed by atoms with E-state index >= 15 is 0 Å². The highest BCUT2D eigenvalue weighted by atomic mass is 32.1. The topological polar surface area (TPSA) is 82.7 Å². The quantitative estimate of drug-likeness (QED) is 0.533. The van der Waals surface area contributed by atoms with E-state index < -0.39 is 0 Å². The molecule has 2 fully saturated rings. The van der Waals surface area contributed by atoms with Crippen molar-refractivity contribution >= 4 is 37.7 Å². The molecule has 0 spiro atoms. The number of piperidine rings is 1. The zero-order valence-electron chi connectivity index (χ0n) is 17.5. The molecule has 2 bridgehead atoms. The van der Waals surface area contributed by atoms with Gasteiger partial charge in [-0.1, -0.05) is 11.3 Å². The van der Waals surface area contributed by atoms with Gasteiger partial charge in [-0.3, -0.25) is 4.68 Å². The molecule has 8 heteroatoms. The molecule has 4 aromatic rings. The third-order valence-corrected chi connectivity index (χ3v) is 7.74. The molecule has 0 amide bonds. The molecule has 2 saturated heterocycles. The first kappa shape index (κ1) is 18.7. The molecular weight excluding hydrogens is 406 g/mol. The normalized spacial score (nSPS) is 22.8. The summed E-state index contributed by atoms with van der Waals surface area (Å²) < 4.78 is 1.74. The lowest BCUT2D eigenvalue weighted by atomic mass is 9.99. The fourth-order valence-corrected chi connectivity index (χ4v) is 6.08. The van der Waals surface area contributed by atoms with Crippen molar-refractivity contribution in [3.05, 3.63) is 36.0 Å². The number of nitrogens with one attached hydrogen (secondary N) is 1. The van der Waals surface area contributed by atoms with Crippen LogP contribution in [0.5, 0.6) is 0 Å². The lowest BCUT2D eigenvalue weighted by Crippen LogP contribution is -2.47. The summed E-state index contributed by atoms with van der Waals surface area (Å²) in [5, 5.41) is 19.7. The Morgan fingerprint density at radius 2 is 2.00 bits per heavy atom. The van der Waals surface area contributed by atoms with Gasteiger partial charge in [0.2, 0.25) is 0 Å². The molecule has 2 aliphatic rings. The summed E-state index contributed by atoms with van der Waals surface area (Å²) in [4.78, 5) is 13.1. The summed E-state index contributed by atoms with van der Waals surface area (Å²) >= 11 is 1.65. The Bertz CT molecular complexity index is 1340. The molecule has 156 valence electrons. The summed E-state index contributed by atoms with van der Waals surface area (Å²) in [5.74, 6) is 0. The van der Waals surface area contributed by atoms with Crippen molar-refractivity contribution in [1.82, 2.24) is 25.1 Å². The fraction of sp³-hybridized carbons (Fsp3) is 0.391. The number of thiazole rings is 1. The van der Waals surface area contributed by atoms with E-state index in [1.165, 1.54) is 25.7 Å². The molecule has 0 aliphatic carbocycles. The van der Waals surface area contributed by atoms with Crippen LogP contribution >= 0.6 is 11.3 Å². The van der Waals surface area contributed by atoms with Gasteiger partial charge in [-0.05, 0) is 49.9 Å². The zero-order chi connectivity index (χ0) is 21.1. The lowest BCUT2D eigenvalue weighted by Gasteiger charge is -2.35. The van der Waals surface area contributed by atoms with Crippen molar-refractivity contribution in [3.63, 3.8) is 0 Å². The average molecular weight is 430 g/mol. The Morgan fingerprint density at radius 1 is 1.19 bits per heavy atom. The first-order valence-electron chi connectivity index (χ1n) is 10.7. The highest BCUT2D eigenvalue weighted by Gasteiger charge is 2.35. The van der Waals surface area contributed by atoms with Crippen LogP contribution in [0.1, 0.15) is 31.2 Å². The minimum atomic E-state index is 0.532. The van der Waals surface area contributed by atoms with Gasteiger partial charge in [-0.25, -0.2) is 9.97 Å². The molecule has 2 aliphatic heterocycles. The number of hydrogen-bond donors (Lipinski definition) is 1. The minimum Gasteiger partial charge on any atom is -0.348 e. The molecular formula is C23H23N7S. The number of hydrogen-bond acceptors (Lipinski definition) is 7. The van der Waals surface area contributed by atoms with E-state index in [1.807, 2.05) is 31.4 Å². The summed E-state index contributed by atoms with van der Waals surface area (Å²) in [6.45, 7) is 0. The van der Waals surface area contributed by atoms with E-state index in [9.17, 15) is 5.26 Å². The molecule has 6 rings (SSSR count). The summed E-state index contributed by atoms with van der Waals surface area (Å²) in [5.41, 5.74) is 4.01. The monoisotopic (exact) mass is 429 g/mol. The van der Waals surface area contributed by atoms with Crippen LogP contribution in [0.3, 0.4) is 0 Å². The SMILES string of the molecule is CN(c1nc2ccc(-c3cc(C#N)c4nn(C)cc4c3)nc2s1)[C@@H]1C[C@H]2CC[C@@H](C1)N2. The molecule has 3 atom stereocenters. The molecule has 31 heavy (non-hydrogen) atoms. The van der Waals surface area contributed by atoms with Crippen LogP contribution in [0.2, 0.25) is 0 Å². The Hall–Kier alpha value is -3.02. The van der Waals surface area contributed by atoms with Crippen LogP contribution in [0.4, 0.5) is 5.13 Å². The van der Waals surface area contributed by atoms with E-state index in [4.69, 9.17) is 9.97 Å². The van der Waals surface area contributed by atoms with E-state index in [0.717, 1.165) is 37.6 Å². The number of pyridine rings is 1. The maximum Gasteiger partial charge on any atom is 0.187 e. The number of aromatic nitrogens is 4. The van der Waals surface area contributed by atoms with Crippen molar-refractivity contribution in [2.75, 3.05) is 11.9 Å². The molecule has 5 heterocycles. The van der Waals surface area contributed by atoms with Crippen LogP contribution < -0.4 is 10.2 Å². The van der Waals surface area contributed by atoms with Crippen molar-refractivity contribution in [3.8, 4) is 17.3 Å². The molecule has 3 aromatic heterocycles. The van der Waals surface area contributed by atoms with Gasteiger partial charge in [0, 0.05) is 49.4 Å². The van der Waals surface area contributed by atoms with Crippen molar-refractivity contribution in [1.29, 1.82) is 5.26 Å². The average Bonchev–Trinajstić information content (AvgIpc) is 3.46. The van der Waals surface area contributed by atoms with Crippen LogP contribution in [-0.4, -0.2) is 44.9 Å². The molecule has 0 unspecified atom stereocenters. The maximum atomic E-state index is 9.58. The highest BCUT2D eigenvalue weighted by Crippen LogP contribution is 2.35. The number of rotatable bonds is 3. The Labute approximate surface area is 184 Å². The second kappa shape index (κ2) is 7.01. The largest absolute Gasteiger partial charge is 0.348 e. The van der Waals surface area contributed by atoms with Gasteiger partial charge >= 0.3 is 0 Å². The standard InChI is InChI=1S/C23H23N7S/c1-29-12-15-8-13(7-14(11-24)21(15)28-29)19-5-6-20-22(26-19)31-23(27-20)30(2)18-9-16-3-4-17(10-18)25-16/h5-8,12,16-18,25H,3-4,9-10H2,1-2H3/t16-,17+,18-. The Kier molecular flexibility index (Phi) is 4.23. The third-order valence-electron chi connectivity index (χ3n) is 6.68. The van der Waals surface area contributed by atoms with Crippen LogP contribution in [-0.2, 0) is 7.05 Å². The first-order valence-corrected chi connectivity index (χ1v) is 11.5. The van der Waals surface area contributed by atoms with Gasteiger partial charge in [-0.2, -0.15) is 10.4 Å². The molecule has 7 nitrogen and oxygen atoms in total. The van der Waals surface area contributed by atoms with Crippen LogP contribution in [0.25, 0.3) is 32.5 Å². The number of fused-ring (bicyclic) bond motifs is 4. The van der Waals surface area contributed by atoms with E-state index in [1.54, 1.807) is 16.0 Å². The van der Waals surface area contributed by atoms with Crippen LogP contribution in [0.15, 0.2) is 30.5 Å². The molecule has 0 radical (unpaired) electrons. The number of nitriles is 1. The number of aryl methyl sites for hydroxylation is 1. The summed E-state index contributed by atoms with van der Waals surface area (Å²) in [7, 11) is 4.04. The van der Waals surface area contributed by atoms with Gasteiger partial charge < -0.3 is 10.2 Å². The third kappa shape index (κ3) is 3.16. The van der Waals surface area contributed by atoms with Gasteiger partial charge in [0.15, 0.2) is 5.13 Å². The lowest BCUT2D eigenvalue weighted by molar-refractivity contribution is 0.354. The number of nitrogens with zero attached hydrogens (tertiary/aromatic N) is 6. The van der Waals surface area contributed by atoms with E-state index in [-0.39, 0.29) is 0 Å². The highest BCUT2D eigenvalue weighted by molar-refractivity contribution is 7.21. The number of anilines is 1. The van der Waals surface area contributed by atoms with Crippen molar-refractivity contribution < 1.29 is 0 Å². The van der Waals surface area contributed by atoms with Crippen LogP contribution in [0, 0.1) is 11.3 Å². The van der Waals surface area contributed by atoms with Gasteiger partial charge in [0.1, 0.15) is 21.9 Å². The van der Waals surface area contributed by atoms with E-state index in [2.05, 4.69) is 34.5 Å². The maximum absolute atomic E-state index is 9.58. The van der Waals surface area contributed by atoms with Crippen molar-refractivity contribution in [2.45, 2.75) is 43.8 Å². The van der Waals surface area contributed by atoms with Gasteiger partial charge in [0.05, 0.1) is 11.3 Å².